The lowest BCUT2D eigenvalue weighted by Crippen LogP contribution is -2.67. The van der Waals surface area contributed by atoms with E-state index in [0.29, 0.717) is 12.0 Å². The van der Waals surface area contributed by atoms with Crippen LogP contribution in [0.25, 0.3) is 0 Å². The SMILES string of the molecule is CC(C)(C)OC(=O)N1CC(C2CO2)C1(C)C. The van der Waals surface area contributed by atoms with Crippen molar-refractivity contribution in [1.29, 1.82) is 0 Å². The van der Waals surface area contributed by atoms with Gasteiger partial charge in [0.2, 0.25) is 0 Å². The fourth-order valence-corrected chi connectivity index (χ4v) is 2.23. The summed E-state index contributed by atoms with van der Waals surface area (Å²) in [5, 5.41) is 0. The number of carbonyl (C=O) groups is 1. The van der Waals surface area contributed by atoms with Gasteiger partial charge in [0.1, 0.15) is 5.60 Å². The normalized spacial score (nSPS) is 31.9. The number of rotatable bonds is 1. The topological polar surface area (TPSA) is 42.1 Å². The van der Waals surface area contributed by atoms with Crippen molar-refractivity contribution in [1.82, 2.24) is 4.90 Å². The van der Waals surface area contributed by atoms with Crippen LogP contribution in [0.2, 0.25) is 0 Å². The van der Waals surface area contributed by atoms with E-state index in [9.17, 15) is 4.79 Å². The third-order valence-corrected chi connectivity index (χ3v) is 3.40. The van der Waals surface area contributed by atoms with Crippen molar-refractivity contribution < 1.29 is 14.3 Å². The Hall–Kier alpha value is -0.770. The third-order valence-electron chi connectivity index (χ3n) is 3.40. The molecule has 0 radical (unpaired) electrons. The summed E-state index contributed by atoms with van der Waals surface area (Å²) >= 11 is 0. The Kier molecular flexibility index (Phi) is 2.46. The number of ether oxygens (including phenoxy) is 2. The fourth-order valence-electron chi connectivity index (χ4n) is 2.23. The van der Waals surface area contributed by atoms with E-state index in [4.69, 9.17) is 9.47 Å². The summed E-state index contributed by atoms with van der Waals surface area (Å²) in [4.78, 5) is 13.7. The maximum Gasteiger partial charge on any atom is 0.410 e. The minimum absolute atomic E-state index is 0.135. The summed E-state index contributed by atoms with van der Waals surface area (Å²) in [6.45, 7) is 11.4. The minimum Gasteiger partial charge on any atom is -0.444 e. The molecule has 4 heteroatoms. The molecule has 2 aliphatic heterocycles. The largest absolute Gasteiger partial charge is 0.444 e. The zero-order valence-electron chi connectivity index (χ0n) is 10.7. The lowest BCUT2D eigenvalue weighted by atomic mass is 9.75. The molecule has 2 rings (SSSR count). The Labute approximate surface area is 96.9 Å². The molecule has 0 aromatic carbocycles. The average Bonchev–Trinajstić information content (AvgIpc) is 2.82. The molecule has 0 aliphatic carbocycles. The van der Waals surface area contributed by atoms with Crippen LogP contribution in [0.3, 0.4) is 0 Å². The Morgan fingerprint density at radius 3 is 2.38 bits per heavy atom. The molecule has 2 unspecified atom stereocenters. The van der Waals surface area contributed by atoms with Crippen molar-refractivity contribution in [2.45, 2.75) is 51.9 Å². The molecule has 92 valence electrons. The monoisotopic (exact) mass is 227 g/mol. The van der Waals surface area contributed by atoms with Crippen LogP contribution in [-0.2, 0) is 9.47 Å². The molecule has 2 saturated heterocycles. The van der Waals surface area contributed by atoms with E-state index in [1.807, 2.05) is 20.8 Å². The summed E-state index contributed by atoms with van der Waals surface area (Å²) < 4.78 is 10.7. The second kappa shape index (κ2) is 3.36. The van der Waals surface area contributed by atoms with Crippen LogP contribution < -0.4 is 0 Å². The molecule has 0 bridgehead atoms. The van der Waals surface area contributed by atoms with E-state index in [-0.39, 0.29) is 11.6 Å². The first kappa shape index (κ1) is 11.7. The number of carbonyl (C=O) groups excluding carboxylic acids is 1. The first-order valence-corrected chi connectivity index (χ1v) is 5.84. The Morgan fingerprint density at radius 2 is 2.00 bits per heavy atom. The molecule has 0 saturated carbocycles. The van der Waals surface area contributed by atoms with Gasteiger partial charge in [0.15, 0.2) is 0 Å². The third kappa shape index (κ3) is 2.03. The molecule has 0 spiro atoms. The quantitative estimate of drug-likeness (QED) is 0.644. The van der Waals surface area contributed by atoms with Crippen molar-refractivity contribution in [3.63, 3.8) is 0 Å². The minimum atomic E-state index is -0.422. The van der Waals surface area contributed by atoms with E-state index >= 15 is 0 Å². The predicted octanol–water partition coefficient (Wildman–Crippen LogP) is 2.03. The van der Waals surface area contributed by atoms with Crippen LogP contribution in [-0.4, -0.2) is 41.4 Å². The Bertz CT molecular complexity index is 302. The van der Waals surface area contributed by atoms with Gasteiger partial charge < -0.3 is 14.4 Å². The number of hydrogen-bond acceptors (Lipinski definition) is 3. The van der Waals surface area contributed by atoms with Gasteiger partial charge in [-0.15, -0.1) is 0 Å². The molecule has 2 heterocycles. The van der Waals surface area contributed by atoms with Crippen molar-refractivity contribution in [3.8, 4) is 0 Å². The van der Waals surface area contributed by atoms with Crippen molar-refractivity contribution in [2.24, 2.45) is 5.92 Å². The van der Waals surface area contributed by atoms with Gasteiger partial charge in [0.25, 0.3) is 0 Å². The number of nitrogens with zero attached hydrogens (tertiary/aromatic N) is 1. The standard InChI is InChI=1S/C12H21NO3/c1-11(2,3)16-10(14)13-6-8(9-7-15-9)12(13,4)5/h8-9H,6-7H2,1-5H3. The highest BCUT2D eigenvalue weighted by Gasteiger charge is 2.56. The molecule has 2 atom stereocenters. The summed E-state index contributed by atoms with van der Waals surface area (Å²) in [7, 11) is 0. The predicted molar refractivity (Wildman–Crippen MR) is 60.2 cm³/mol. The van der Waals surface area contributed by atoms with Gasteiger partial charge in [-0.1, -0.05) is 0 Å². The maximum absolute atomic E-state index is 11.9. The number of epoxide rings is 1. The summed E-state index contributed by atoms with van der Waals surface area (Å²) in [6.07, 6.45) is 0.142. The number of hydrogen-bond donors (Lipinski definition) is 0. The molecule has 4 nitrogen and oxygen atoms in total. The highest BCUT2D eigenvalue weighted by atomic mass is 16.6. The van der Waals surface area contributed by atoms with Gasteiger partial charge in [0, 0.05) is 18.0 Å². The Morgan fingerprint density at radius 1 is 1.44 bits per heavy atom. The second-order valence-electron chi connectivity index (χ2n) is 6.22. The molecule has 0 aromatic rings. The first-order chi connectivity index (χ1) is 7.22. The second-order valence-corrected chi connectivity index (χ2v) is 6.22. The molecular weight excluding hydrogens is 206 g/mol. The highest BCUT2D eigenvalue weighted by Crippen LogP contribution is 2.43. The lowest BCUT2D eigenvalue weighted by Gasteiger charge is -2.54. The highest BCUT2D eigenvalue weighted by molar-refractivity contribution is 5.70. The Balaban J connectivity index is 1.94. The van der Waals surface area contributed by atoms with E-state index in [1.165, 1.54) is 0 Å². The van der Waals surface area contributed by atoms with Crippen LogP contribution >= 0.6 is 0 Å². The van der Waals surface area contributed by atoms with Crippen molar-refractivity contribution in [2.75, 3.05) is 13.2 Å². The molecule has 0 N–H and O–H groups in total. The summed E-state index contributed by atoms with van der Waals surface area (Å²) in [6, 6.07) is 0. The van der Waals surface area contributed by atoms with E-state index in [2.05, 4.69) is 13.8 Å². The maximum atomic E-state index is 11.9. The van der Waals surface area contributed by atoms with Gasteiger partial charge >= 0.3 is 6.09 Å². The van der Waals surface area contributed by atoms with E-state index < -0.39 is 5.60 Å². The molecule has 2 fully saturated rings. The zero-order valence-corrected chi connectivity index (χ0v) is 10.7. The van der Waals surface area contributed by atoms with Crippen LogP contribution in [0.1, 0.15) is 34.6 Å². The van der Waals surface area contributed by atoms with E-state index in [1.54, 1.807) is 4.90 Å². The molecule has 16 heavy (non-hydrogen) atoms. The van der Waals surface area contributed by atoms with Gasteiger partial charge in [0.05, 0.1) is 12.7 Å². The number of likely N-dealkylation sites (tertiary alicyclic amines) is 1. The van der Waals surface area contributed by atoms with Crippen LogP contribution in [0, 0.1) is 5.92 Å². The lowest BCUT2D eigenvalue weighted by molar-refractivity contribution is -0.0759. The van der Waals surface area contributed by atoms with E-state index in [0.717, 1.165) is 13.2 Å². The number of amides is 1. The van der Waals surface area contributed by atoms with Gasteiger partial charge in [-0.3, -0.25) is 0 Å². The smallest absolute Gasteiger partial charge is 0.410 e. The van der Waals surface area contributed by atoms with Gasteiger partial charge in [-0.2, -0.15) is 0 Å². The average molecular weight is 227 g/mol. The molecule has 0 aromatic heterocycles. The van der Waals surface area contributed by atoms with Crippen molar-refractivity contribution >= 4 is 6.09 Å². The van der Waals surface area contributed by atoms with Crippen molar-refractivity contribution in [3.05, 3.63) is 0 Å². The summed E-state index contributed by atoms with van der Waals surface area (Å²) in [5.74, 6) is 0.458. The zero-order chi connectivity index (χ0) is 12.1. The van der Waals surface area contributed by atoms with Crippen LogP contribution in [0.4, 0.5) is 4.79 Å². The molecular formula is C12H21NO3. The molecule has 2 aliphatic rings. The van der Waals surface area contributed by atoms with Gasteiger partial charge in [-0.25, -0.2) is 4.79 Å². The van der Waals surface area contributed by atoms with Crippen LogP contribution in [0.5, 0.6) is 0 Å². The van der Waals surface area contributed by atoms with Gasteiger partial charge in [-0.05, 0) is 34.6 Å². The first-order valence-electron chi connectivity index (χ1n) is 5.84. The van der Waals surface area contributed by atoms with Crippen LogP contribution in [0.15, 0.2) is 0 Å². The molecule has 1 amide bonds. The summed E-state index contributed by atoms with van der Waals surface area (Å²) in [5.41, 5.74) is -0.558. The fraction of sp³-hybridized carbons (Fsp3) is 0.917.